The lowest BCUT2D eigenvalue weighted by atomic mass is 9.81. The van der Waals surface area contributed by atoms with Crippen LogP contribution >= 0.6 is 23.2 Å². The number of nitrogens with zero attached hydrogens (tertiary/aromatic N) is 3. The Morgan fingerprint density at radius 2 is 1.90 bits per heavy atom. The molecule has 2 heterocycles. The third-order valence-corrected chi connectivity index (χ3v) is 5.32. The number of carbonyl (C=O) groups is 1. The van der Waals surface area contributed by atoms with Crippen LogP contribution in [0.15, 0.2) is 40.4 Å². The summed E-state index contributed by atoms with van der Waals surface area (Å²) in [5.74, 6) is 0.554. The Hall–Kier alpha value is -3.04. The molecular formula is C18H16Cl2N6O3. The van der Waals surface area contributed by atoms with E-state index in [0.29, 0.717) is 5.56 Å². The Labute approximate surface area is 175 Å². The smallest absolute Gasteiger partial charge is 0.347 e. The van der Waals surface area contributed by atoms with Gasteiger partial charge in [0.05, 0.1) is 21.4 Å². The van der Waals surface area contributed by atoms with Gasteiger partial charge >= 0.3 is 6.03 Å². The van der Waals surface area contributed by atoms with Crippen molar-refractivity contribution in [2.75, 3.05) is 5.01 Å². The molecule has 9 nitrogen and oxygen atoms in total. The number of urea groups is 1. The quantitative estimate of drug-likeness (QED) is 0.678. The molecule has 1 aliphatic carbocycles. The van der Waals surface area contributed by atoms with Crippen LogP contribution in [-0.4, -0.2) is 22.1 Å². The number of ether oxygens (including phenoxy) is 1. The van der Waals surface area contributed by atoms with E-state index in [-0.39, 0.29) is 50.4 Å². The molecule has 29 heavy (non-hydrogen) atoms. The van der Waals surface area contributed by atoms with E-state index in [2.05, 4.69) is 27.2 Å². The lowest BCUT2D eigenvalue weighted by molar-refractivity contribution is 0.248. The van der Waals surface area contributed by atoms with E-state index in [1.807, 2.05) is 0 Å². The second-order valence-corrected chi connectivity index (χ2v) is 7.48. The normalized spacial score (nSPS) is 16.9. The average Bonchev–Trinajstić information content (AvgIpc) is 2.62. The Morgan fingerprint density at radius 3 is 2.52 bits per heavy atom. The van der Waals surface area contributed by atoms with Gasteiger partial charge in [-0.05, 0) is 30.9 Å². The van der Waals surface area contributed by atoms with Gasteiger partial charge in [0.25, 0.3) is 5.56 Å². The zero-order valence-electron chi connectivity index (χ0n) is 15.0. The zero-order chi connectivity index (χ0) is 20.7. The summed E-state index contributed by atoms with van der Waals surface area (Å²) in [5.41, 5.74) is 6.59. The minimum Gasteiger partial charge on any atom is -0.434 e. The number of nitrogens with one attached hydrogen (secondary N) is 2. The first kappa shape index (κ1) is 19.3. The number of halogens is 2. The molecule has 0 bridgehead atoms. The molecule has 4 rings (SSSR count). The number of aromatic nitrogens is 2. The molecule has 1 aromatic carbocycles. The number of aromatic amines is 1. The molecular weight excluding hydrogens is 419 g/mol. The van der Waals surface area contributed by atoms with Crippen LogP contribution in [0.2, 0.25) is 10.0 Å². The second kappa shape index (κ2) is 7.41. The van der Waals surface area contributed by atoms with E-state index in [0.717, 1.165) is 24.3 Å². The van der Waals surface area contributed by atoms with E-state index in [4.69, 9.17) is 33.7 Å². The minimum absolute atomic E-state index is 0.0538. The Kier molecular flexibility index (Phi) is 4.93. The third kappa shape index (κ3) is 3.66. The molecule has 150 valence electrons. The molecule has 1 aromatic heterocycles. The average molecular weight is 435 g/mol. The molecule has 0 unspecified atom stereocenters. The van der Waals surface area contributed by atoms with Crippen LogP contribution in [0, 0.1) is 0 Å². The molecule has 2 aromatic rings. The van der Waals surface area contributed by atoms with Gasteiger partial charge < -0.3 is 15.8 Å². The van der Waals surface area contributed by atoms with E-state index < -0.39 is 6.03 Å². The van der Waals surface area contributed by atoms with Crippen molar-refractivity contribution < 1.29 is 9.53 Å². The number of hydrogen-bond donors (Lipinski definition) is 3. The molecule has 0 saturated heterocycles. The monoisotopic (exact) mass is 434 g/mol. The van der Waals surface area contributed by atoms with E-state index >= 15 is 0 Å². The van der Waals surface area contributed by atoms with Crippen molar-refractivity contribution in [3.05, 3.63) is 56.4 Å². The van der Waals surface area contributed by atoms with Gasteiger partial charge in [-0.25, -0.2) is 9.89 Å². The molecule has 0 spiro atoms. The van der Waals surface area contributed by atoms with E-state index in [9.17, 15) is 9.59 Å². The zero-order valence-corrected chi connectivity index (χ0v) is 16.5. The predicted octanol–water partition coefficient (Wildman–Crippen LogP) is 3.45. The van der Waals surface area contributed by atoms with Crippen molar-refractivity contribution in [3.63, 3.8) is 0 Å². The van der Waals surface area contributed by atoms with Crippen molar-refractivity contribution in [1.29, 1.82) is 0 Å². The summed E-state index contributed by atoms with van der Waals surface area (Å²) in [6, 6.07) is 3.94. The van der Waals surface area contributed by atoms with Gasteiger partial charge in [0.15, 0.2) is 11.6 Å². The number of hydrazone groups is 1. The fourth-order valence-corrected chi connectivity index (χ4v) is 3.53. The van der Waals surface area contributed by atoms with Crippen molar-refractivity contribution in [3.8, 4) is 11.6 Å². The maximum absolute atomic E-state index is 12.1. The lowest BCUT2D eigenvalue weighted by Gasteiger charge is -2.25. The van der Waals surface area contributed by atoms with Gasteiger partial charge in [0, 0.05) is 11.6 Å². The van der Waals surface area contributed by atoms with Gasteiger partial charge in [-0.15, -0.1) is 10.2 Å². The molecule has 1 fully saturated rings. The maximum atomic E-state index is 12.1. The van der Waals surface area contributed by atoms with E-state index in [1.54, 1.807) is 6.07 Å². The number of benzene rings is 1. The highest BCUT2D eigenvalue weighted by Gasteiger charge is 2.26. The number of carbonyl (C=O) groups excluding carboxylic acids is 1. The van der Waals surface area contributed by atoms with Gasteiger partial charge in [-0.3, -0.25) is 4.79 Å². The first-order valence-electron chi connectivity index (χ1n) is 8.74. The Bertz CT molecular complexity index is 1090. The number of anilines is 1. The number of rotatable bonds is 4. The van der Waals surface area contributed by atoms with Crippen LogP contribution in [0.4, 0.5) is 10.5 Å². The van der Waals surface area contributed by atoms with E-state index in [1.165, 1.54) is 12.1 Å². The second-order valence-electron chi connectivity index (χ2n) is 6.66. The predicted molar refractivity (Wildman–Crippen MR) is 110 cm³/mol. The van der Waals surface area contributed by atoms with Crippen molar-refractivity contribution in [1.82, 2.24) is 15.5 Å². The Morgan fingerprint density at radius 1 is 1.21 bits per heavy atom. The number of hydrogen-bond acceptors (Lipinski definition) is 6. The molecule has 0 atom stereocenters. The number of amidine groups is 1. The summed E-state index contributed by atoms with van der Waals surface area (Å²) in [6.45, 7) is 3.59. The van der Waals surface area contributed by atoms with Crippen LogP contribution in [0.25, 0.3) is 0 Å². The molecule has 2 amide bonds. The maximum Gasteiger partial charge on any atom is 0.347 e. The fraction of sp³-hybridized carbons (Fsp3) is 0.222. The van der Waals surface area contributed by atoms with Gasteiger partial charge in [-0.1, -0.05) is 36.2 Å². The minimum atomic E-state index is -0.558. The van der Waals surface area contributed by atoms with Crippen molar-refractivity contribution in [2.24, 2.45) is 10.8 Å². The SMILES string of the molecule is C=C1NC(=O)N(c2cc(Cl)c(Oc3cc(C4CCC4)c(=O)[nH]n3)c(Cl)c2)N=C1N. The summed E-state index contributed by atoms with van der Waals surface area (Å²) in [6.07, 6.45) is 3.00. The van der Waals surface area contributed by atoms with Gasteiger partial charge in [0.1, 0.15) is 0 Å². The van der Waals surface area contributed by atoms with Gasteiger partial charge in [-0.2, -0.15) is 5.01 Å². The molecule has 0 radical (unpaired) electrons. The van der Waals surface area contributed by atoms with Crippen molar-refractivity contribution in [2.45, 2.75) is 25.2 Å². The molecule has 11 heteroatoms. The number of amides is 2. The fourth-order valence-electron chi connectivity index (χ4n) is 2.98. The largest absolute Gasteiger partial charge is 0.434 e. The molecule has 4 N–H and O–H groups in total. The first-order chi connectivity index (χ1) is 13.8. The molecule has 2 aliphatic rings. The van der Waals surface area contributed by atoms with Gasteiger partial charge in [0.2, 0.25) is 5.88 Å². The molecule has 1 aliphatic heterocycles. The Balaban J connectivity index is 1.64. The van der Waals surface area contributed by atoms with Crippen LogP contribution in [0.1, 0.15) is 30.7 Å². The summed E-state index contributed by atoms with van der Waals surface area (Å²) in [5, 5.41) is 14.0. The van der Waals surface area contributed by atoms with Crippen LogP contribution in [-0.2, 0) is 0 Å². The third-order valence-electron chi connectivity index (χ3n) is 4.76. The standard InChI is InChI=1S/C18H16Cl2N6O3/c1-8-16(21)25-26(18(28)22-8)10-5-12(19)15(13(20)6-10)29-14-7-11(9-3-2-4-9)17(27)24-23-14/h5-7,9H,1-4H2,(H2,21,25)(H,22,28)(H,24,27). The number of H-pyrrole nitrogens is 1. The highest BCUT2D eigenvalue weighted by atomic mass is 35.5. The van der Waals surface area contributed by atoms with Crippen LogP contribution in [0.5, 0.6) is 11.6 Å². The summed E-state index contributed by atoms with van der Waals surface area (Å²) >= 11 is 12.6. The highest BCUT2D eigenvalue weighted by molar-refractivity contribution is 6.37. The summed E-state index contributed by atoms with van der Waals surface area (Å²) in [7, 11) is 0. The van der Waals surface area contributed by atoms with Crippen LogP contribution in [0.3, 0.4) is 0 Å². The van der Waals surface area contributed by atoms with Crippen molar-refractivity contribution >= 4 is 40.8 Å². The molecule has 1 saturated carbocycles. The first-order valence-corrected chi connectivity index (χ1v) is 9.50. The summed E-state index contributed by atoms with van der Waals surface area (Å²) in [4.78, 5) is 24.1. The number of nitrogens with two attached hydrogens (primary N) is 1. The lowest BCUT2D eigenvalue weighted by Crippen LogP contribution is -2.45. The highest BCUT2D eigenvalue weighted by Crippen LogP contribution is 2.40. The summed E-state index contributed by atoms with van der Waals surface area (Å²) < 4.78 is 5.72. The van der Waals surface area contributed by atoms with Crippen LogP contribution < -0.4 is 26.4 Å². The topological polar surface area (TPSA) is 126 Å².